The van der Waals surface area contributed by atoms with E-state index in [1.807, 2.05) is 22.9 Å². The Labute approximate surface area is 157 Å². The Morgan fingerprint density at radius 1 is 1.15 bits per heavy atom. The van der Waals surface area contributed by atoms with Gasteiger partial charge in [-0.1, -0.05) is 18.2 Å². The molecule has 0 atom stereocenters. The van der Waals surface area contributed by atoms with Crippen LogP contribution in [0.2, 0.25) is 0 Å². The molecule has 1 N–H and O–H groups in total. The number of carbonyl (C=O) groups excluding carboxylic acids is 2. The first kappa shape index (κ1) is 18.0. The number of benzene rings is 1. The molecule has 26 heavy (non-hydrogen) atoms. The average Bonchev–Trinajstić information content (AvgIpc) is 3.30. The molecule has 0 bridgehead atoms. The number of rotatable bonds is 5. The Bertz CT molecular complexity index is 944. The Balaban J connectivity index is 1.82. The van der Waals surface area contributed by atoms with Crippen LogP contribution in [0.4, 0.5) is 9.39 Å². The molecule has 0 aliphatic heterocycles. The van der Waals surface area contributed by atoms with Crippen LogP contribution in [0.5, 0.6) is 0 Å². The molecule has 0 saturated carbocycles. The van der Waals surface area contributed by atoms with E-state index in [1.165, 1.54) is 48.0 Å². The fourth-order valence-electron chi connectivity index (χ4n) is 2.27. The summed E-state index contributed by atoms with van der Waals surface area (Å²) in [6.07, 6.45) is 2.90. The normalized spacial score (nSPS) is 10.8. The van der Waals surface area contributed by atoms with Crippen LogP contribution in [0, 0.1) is 5.82 Å². The first-order valence-electron chi connectivity index (χ1n) is 7.57. The lowest BCUT2D eigenvalue weighted by atomic mass is 10.1. The molecular weight excluding hydrogens is 373 g/mol. The first-order chi connectivity index (χ1) is 12.6. The molecule has 0 saturated heterocycles. The van der Waals surface area contributed by atoms with E-state index in [9.17, 15) is 14.0 Å². The van der Waals surface area contributed by atoms with Crippen molar-refractivity contribution in [3.05, 3.63) is 70.2 Å². The molecule has 0 spiro atoms. The van der Waals surface area contributed by atoms with Gasteiger partial charge in [0.1, 0.15) is 16.4 Å². The van der Waals surface area contributed by atoms with E-state index >= 15 is 0 Å². The number of anilines is 1. The van der Waals surface area contributed by atoms with Crippen molar-refractivity contribution in [3.63, 3.8) is 0 Å². The highest BCUT2D eigenvalue weighted by Crippen LogP contribution is 2.38. The van der Waals surface area contributed by atoms with Gasteiger partial charge >= 0.3 is 5.97 Å². The van der Waals surface area contributed by atoms with E-state index in [1.54, 1.807) is 18.2 Å². The number of hydrogen-bond acceptors (Lipinski definition) is 5. The van der Waals surface area contributed by atoms with Crippen LogP contribution >= 0.6 is 22.7 Å². The van der Waals surface area contributed by atoms with Gasteiger partial charge in [0, 0.05) is 21.9 Å². The second kappa shape index (κ2) is 8.07. The summed E-state index contributed by atoms with van der Waals surface area (Å²) in [6, 6.07) is 9.57. The average molecular weight is 387 g/mol. The van der Waals surface area contributed by atoms with E-state index in [-0.39, 0.29) is 11.7 Å². The summed E-state index contributed by atoms with van der Waals surface area (Å²) in [7, 11) is 1.30. The van der Waals surface area contributed by atoms with E-state index in [0.29, 0.717) is 16.1 Å². The molecule has 2 aromatic heterocycles. The maximum atomic E-state index is 12.9. The van der Waals surface area contributed by atoms with Crippen molar-refractivity contribution in [2.24, 2.45) is 0 Å². The standard InChI is InChI=1S/C19H14FNO3S2/c1-24-19(23)17-14(15-3-2-10-25-15)11-26-18(17)21-16(22)9-6-12-4-7-13(20)8-5-12/h2-11H,1H3,(H,21,22). The minimum absolute atomic E-state index is 0.337. The molecule has 0 aliphatic carbocycles. The second-order valence-electron chi connectivity index (χ2n) is 5.20. The number of esters is 1. The Morgan fingerprint density at radius 3 is 2.58 bits per heavy atom. The summed E-state index contributed by atoms with van der Waals surface area (Å²) in [5.41, 5.74) is 1.76. The van der Waals surface area contributed by atoms with Gasteiger partial charge in [0.05, 0.1) is 7.11 Å². The third-order valence-corrected chi connectivity index (χ3v) is 5.30. The third kappa shape index (κ3) is 4.07. The molecule has 132 valence electrons. The lowest BCUT2D eigenvalue weighted by molar-refractivity contribution is -0.111. The minimum atomic E-state index is -0.507. The molecule has 0 unspecified atom stereocenters. The van der Waals surface area contributed by atoms with Crippen LogP contribution in [-0.2, 0) is 9.53 Å². The van der Waals surface area contributed by atoms with Gasteiger partial charge < -0.3 is 10.1 Å². The fourth-order valence-corrected chi connectivity index (χ4v) is 4.04. The van der Waals surface area contributed by atoms with Crippen molar-refractivity contribution < 1.29 is 18.7 Å². The van der Waals surface area contributed by atoms with E-state index in [4.69, 9.17) is 4.74 Å². The van der Waals surface area contributed by atoms with Gasteiger partial charge in [-0.05, 0) is 35.2 Å². The Morgan fingerprint density at radius 2 is 1.92 bits per heavy atom. The number of methoxy groups -OCH3 is 1. The number of halogens is 1. The highest BCUT2D eigenvalue weighted by atomic mass is 32.1. The van der Waals surface area contributed by atoms with Crippen molar-refractivity contribution in [2.45, 2.75) is 0 Å². The van der Waals surface area contributed by atoms with Crippen LogP contribution < -0.4 is 5.32 Å². The van der Waals surface area contributed by atoms with E-state index in [2.05, 4.69) is 5.32 Å². The number of hydrogen-bond donors (Lipinski definition) is 1. The number of nitrogens with one attached hydrogen (secondary N) is 1. The predicted molar refractivity (Wildman–Crippen MR) is 103 cm³/mol. The van der Waals surface area contributed by atoms with Crippen LogP contribution in [0.1, 0.15) is 15.9 Å². The number of amides is 1. The smallest absolute Gasteiger partial charge is 0.341 e. The molecule has 1 aromatic carbocycles. The van der Waals surface area contributed by atoms with Gasteiger partial charge in [0.2, 0.25) is 5.91 Å². The molecule has 7 heteroatoms. The zero-order valence-corrected chi connectivity index (χ0v) is 15.3. The van der Waals surface area contributed by atoms with Crippen molar-refractivity contribution >= 4 is 45.6 Å². The topological polar surface area (TPSA) is 55.4 Å². The molecule has 0 fully saturated rings. The first-order valence-corrected chi connectivity index (χ1v) is 9.32. The van der Waals surface area contributed by atoms with Crippen molar-refractivity contribution in [3.8, 4) is 10.4 Å². The van der Waals surface area contributed by atoms with E-state index in [0.717, 1.165) is 10.4 Å². The summed E-state index contributed by atoms with van der Waals surface area (Å²) >= 11 is 2.76. The molecule has 0 aliphatic rings. The SMILES string of the molecule is COC(=O)c1c(-c2cccs2)csc1NC(=O)C=Cc1ccc(F)cc1. The minimum Gasteiger partial charge on any atom is -0.465 e. The Kier molecular flexibility index (Phi) is 5.60. The molecule has 2 heterocycles. The van der Waals surface area contributed by atoms with Crippen LogP contribution in [-0.4, -0.2) is 19.0 Å². The lowest BCUT2D eigenvalue weighted by Gasteiger charge is -2.05. The summed E-state index contributed by atoms with van der Waals surface area (Å²) < 4.78 is 17.8. The fraction of sp³-hybridized carbons (Fsp3) is 0.0526. The molecular formula is C19H14FNO3S2. The summed E-state index contributed by atoms with van der Waals surface area (Å²) in [5.74, 6) is -1.24. The van der Waals surface area contributed by atoms with Crippen molar-refractivity contribution in [1.82, 2.24) is 0 Å². The van der Waals surface area contributed by atoms with Gasteiger partial charge in [-0.2, -0.15) is 0 Å². The zero-order chi connectivity index (χ0) is 18.5. The molecule has 3 rings (SSSR count). The number of carbonyl (C=O) groups is 2. The number of ether oxygens (including phenoxy) is 1. The Hall–Kier alpha value is -2.77. The summed E-state index contributed by atoms with van der Waals surface area (Å²) in [5, 5.41) is 6.87. The van der Waals surface area contributed by atoms with Crippen molar-refractivity contribution in [1.29, 1.82) is 0 Å². The molecule has 0 radical (unpaired) electrons. The van der Waals surface area contributed by atoms with Gasteiger partial charge in [0.25, 0.3) is 0 Å². The molecule has 1 amide bonds. The maximum absolute atomic E-state index is 12.9. The van der Waals surface area contributed by atoms with Gasteiger partial charge in [-0.25, -0.2) is 9.18 Å². The summed E-state index contributed by atoms with van der Waals surface area (Å²) in [4.78, 5) is 25.3. The zero-order valence-electron chi connectivity index (χ0n) is 13.7. The van der Waals surface area contributed by atoms with Gasteiger partial charge in [-0.3, -0.25) is 4.79 Å². The highest BCUT2D eigenvalue weighted by Gasteiger charge is 2.22. The van der Waals surface area contributed by atoms with Crippen LogP contribution in [0.25, 0.3) is 16.5 Å². The molecule has 4 nitrogen and oxygen atoms in total. The van der Waals surface area contributed by atoms with Gasteiger partial charge in [0.15, 0.2) is 0 Å². The van der Waals surface area contributed by atoms with Crippen LogP contribution in [0.3, 0.4) is 0 Å². The largest absolute Gasteiger partial charge is 0.465 e. The molecule has 3 aromatic rings. The lowest BCUT2D eigenvalue weighted by Crippen LogP contribution is -2.11. The maximum Gasteiger partial charge on any atom is 0.341 e. The van der Waals surface area contributed by atoms with Gasteiger partial charge in [-0.15, -0.1) is 22.7 Å². The third-order valence-electron chi connectivity index (χ3n) is 3.50. The monoisotopic (exact) mass is 387 g/mol. The van der Waals surface area contributed by atoms with Crippen molar-refractivity contribution in [2.75, 3.05) is 12.4 Å². The predicted octanol–water partition coefficient (Wildman–Crippen LogP) is 5.05. The van der Waals surface area contributed by atoms with E-state index < -0.39 is 5.97 Å². The summed E-state index contributed by atoms with van der Waals surface area (Å²) in [6.45, 7) is 0. The quantitative estimate of drug-likeness (QED) is 0.492. The van der Waals surface area contributed by atoms with Crippen LogP contribution in [0.15, 0.2) is 53.2 Å². The second-order valence-corrected chi connectivity index (χ2v) is 7.02. The highest BCUT2D eigenvalue weighted by molar-refractivity contribution is 7.17. The number of thiophene rings is 2.